The van der Waals surface area contributed by atoms with Crippen LogP contribution in [0.15, 0.2) is 59.2 Å². The number of hydrogen-bond acceptors (Lipinski definition) is 0. The van der Waals surface area contributed by atoms with Crippen LogP contribution in [-0.4, -0.2) is 0 Å². The Balaban J connectivity index is 2.34. The van der Waals surface area contributed by atoms with Gasteiger partial charge < -0.3 is 0 Å². The molecule has 0 nitrogen and oxygen atoms in total. The van der Waals surface area contributed by atoms with Crippen molar-refractivity contribution in [2.45, 2.75) is 33.6 Å². The first-order chi connectivity index (χ1) is 8.09. The van der Waals surface area contributed by atoms with Crippen molar-refractivity contribution in [1.82, 2.24) is 0 Å². The first-order valence-corrected chi connectivity index (χ1v) is 6.22. The van der Waals surface area contributed by atoms with E-state index in [1.54, 1.807) is 0 Å². The van der Waals surface area contributed by atoms with E-state index in [4.69, 9.17) is 0 Å². The summed E-state index contributed by atoms with van der Waals surface area (Å²) in [5, 5.41) is 0. The van der Waals surface area contributed by atoms with Crippen LogP contribution >= 0.6 is 0 Å². The summed E-state index contributed by atoms with van der Waals surface area (Å²) in [5.74, 6) is 0.467. The smallest absolute Gasteiger partial charge is 0.00670 e. The monoisotopic (exact) mass is 224 g/mol. The molecular formula is C17H20. The van der Waals surface area contributed by atoms with Crippen molar-refractivity contribution in [2.24, 2.45) is 0 Å². The van der Waals surface area contributed by atoms with Gasteiger partial charge in [0.1, 0.15) is 0 Å². The third-order valence-corrected chi connectivity index (χ3v) is 3.40. The molecule has 0 spiro atoms. The molecule has 17 heavy (non-hydrogen) atoms. The van der Waals surface area contributed by atoms with Crippen LogP contribution in [0.5, 0.6) is 0 Å². The molecule has 0 bridgehead atoms. The lowest BCUT2D eigenvalue weighted by molar-refractivity contribution is 0.908. The zero-order chi connectivity index (χ0) is 12.4. The van der Waals surface area contributed by atoms with E-state index in [1.165, 1.54) is 27.8 Å². The molecule has 1 aromatic carbocycles. The maximum Gasteiger partial charge on any atom is 0.00670 e. The summed E-state index contributed by atoms with van der Waals surface area (Å²) in [5.41, 5.74) is 6.97. The minimum absolute atomic E-state index is 0.467. The molecule has 0 heteroatoms. The second-order valence-electron chi connectivity index (χ2n) is 5.03. The summed E-state index contributed by atoms with van der Waals surface area (Å²) in [6, 6.07) is 8.80. The molecule has 2 rings (SSSR count). The van der Waals surface area contributed by atoms with E-state index in [-0.39, 0.29) is 0 Å². The Morgan fingerprint density at radius 3 is 2.59 bits per heavy atom. The van der Waals surface area contributed by atoms with Gasteiger partial charge in [0, 0.05) is 5.92 Å². The van der Waals surface area contributed by atoms with Crippen molar-refractivity contribution in [3.63, 3.8) is 0 Å². The van der Waals surface area contributed by atoms with E-state index in [0.717, 1.165) is 0 Å². The molecule has 0 saturated heterocycles. The highest BCUT2D eigenvalue weighted by Gasteiger charge is 2.16. The Morgan fingerprint density at radius 1 is 1.18 bits per heavy atom. The summed E-state index contributed by atoms with van der Waals surface area (Å²) in [4.78, 5) is 0. The Labute approximate surface area is 104 Å². The van der Waals surface area contributed by atoms with Crippen molar-refractivity contribution in [1.29, 1.82) is 0 Å². The van der Waals surface area contributed by atoms with Crippen LogP contribution < -0.4 is 0 Å². The minimum atomic E-state index is 0.467. The summed E-state index contributed by atoms with van der Waals surface area (Å²) < 4.78 is 0. The van der Waals surface area contributed by atoms with E-state index in [1.807, 2.05) is 0 Å². The topological polar surface area (TPSA) is 0 Å². The van der Waals surface area contributed by atoms with Crippen LogP contribution in [0.3, 0.4) is 0 Å². The van der Waals surface area contributed by atoms with Gasteiger partial charge in [-0.05, 0) is 37.5 Å². The Morgan fingerprint density at radius 2 is 1.94 bits per heavy atom. The van der Waals surface area contributed by atoms with Gasteiger partial charge in [-0.3, -0.25) is 0 Å². The molecule has 1 aliphatic rings. The summed E-state index contributed by atoms with van der Waals surface area (Å²) in [6.45, 7) is 8.81. The Bertz CT molecular complexity index is 509. The molecule has 1 atom stereocenters. The summed E-state index contributed by atoms with van der Waals surface area (Å²) >= 11 is 0. The molecule has 1 unspecified atom stereocenters. The average molecular weight is 224 g/mol. The summed E-state index contributed by atoms with van der Waals surface area (Å²) in [7, 11) is 0. The van der Waals surface area contributed by atoms with Crippen molar-refractivity contribution < 1.29 is 0 Å². The maximum absolute atomic E-state index is 2.29. The highest BCUT2D eigenvalue weighted by atomic mass is 14.2. The third kappa shape index (κ3) is 2.41. The molecule has 1 aliphatic carbocycles. The number of aryl methyl sites for hydroxylation is 1. The van der Waals surface area contributed by atoms with Crippen LogP contribution in [0.2, 0.25) is 0 Å². The predicted molar refractivity (Wildman–Crippen MR) is 75.2 cm³/mol. The molecule has 0 radical (unpaired) electrons. The van der Waals surface area contributed by atoms with Gasteiger partial charge in [0.15, 0.2) is 0 Å². The largest absolute Gasteiger partial charge is 0.0689 e. The zero-order valence-electron chi connectivity index (χ0n) is 11.1. The molecule has 0 amide bonds. The normalized spacial score (nSPS) is 16.0. The first-order valence-electron chi connectivity index (χ1n) is 6.22. The van der Waals surface area contributed by atoms with Crippen molar-refractivity contribution in [3.8, 4) is 0 Å². The first kappa shape index (κ1) is 11.9. The Kier molecular flexibility index (Phi) is 3.33. The van der Waals surface area contributed by atoms with Gasteiger partial charge in [0.25, 0.3) is 0 Å². The molecule has 0 aromatic heterocycles. The fraction of sp³-hybridized carbons (Fsp3) is 0.294. The molecule has 0 N–H and O–H groups in total. The number of benzene rings is 1. The highest BCUT2D eigenvalue weighted by Crippen LogP contribution is 2.34. The maximum atomic E-state index is 2.29. The summed E-state index contributed by atoms with van der Waals surface area (Å²) in [6.07, 6.45) is 6.62. The average Bonchev–Trinajstić information content (AvgIpc) is 2.77. The number of hydrogen-bond donors (Lipinski definition) is 0. The van der Waals surface area contributed by atoms with Crippen LogP contribution in [0, 0.1) is 6.92 Å². The van der Waals surface area contributed by atoms with Gasteiger partial charge >= 0.3 is 0 Å². The quantitative estimate of drug-likeness (QED) is 0.668. The van der Waals surface area contributed by atoms with Gasteiger partial charge in [-0.2, -0.15) is 0 Å². The fourth-order valence-electron chi connectivity index (χ4n) is 2.39. The third-order valence-electron chi connectivity index (χ3n) is 3.40. The number of rotatable bonds is 2. The fourth-order valence-corrected chi connectivity index (χ4v) is 2.39. The van der Waals surface area contributed by atoms with Crippen LogP contribution in [0.1, 0.15) is 37.8 Å². The SMILES string of the molecule is CC(C)=C1C=CC=C1C(C)c1cccc(C)c1. The van der Waals surface area contributed by atoms with Crippen molar-refractivity contribution >= 4 is 0 Å². The standard InChI is InChI=1S/C17H20/c1-12(2)16-9-6-10-17(16)14(4)15-8-5-7-13(3)11-15/h5-11,14H,1-4H3. The van der Waals surface area contributed by atoms with Gasteiger partial charge in [-0.25, -0.2) is 0 Å². The zero-order valence-corrected chi connectivity index (χ0v) is 11.1. The van der Waals surface area contributed by atoms with Crippen LogP contribution in [0.25, 0.3) is 0 Å². The van der Waals surface area contributed by atoms with E-state index < -0.39 is 0 Å². The van der Waals surface area contributed by atoms with Crippen molar-refractivity contribution in [2.75, 3.05) is 0 Å². The molecule has 0 heterocycles. The lowest BCUT2D eigenvalue weighted by Gasteiger charge is -2.17. The van der Waals surface area contributed by atoms with Crippen LogP contribution in [0.4, 0.5) is 0 Å². The lowest BCUT2D eigenvalue weighted by Crippen LogP contribution is -1.99. The molecule has 88 valence electrons. The molecule has 1 aromatic rings. The Hall–Kier alpha value is -1.56. The highest BCUT2D eigenvalue weighted by molar-refractivity contribution is 5.54. The van der Waals surface area contributed by atoms with Gasteiger partial charge in [-0.1, -0.05) is 60.6 Å². The molecular weight excluding hydrogens is 204 g/mol. The van der Waals surface area contributed by atoms with E-state index in [2.05, 4.69) is 70.2 Å². The second kappa shape index (κ2) is 4.75. The molecule has 0 fully saturated rings. The van der Waals surface area contributed by atoms with Gasteiger partial charge in [0.2, 0.25) is 0 Å². The van der Waals surface area contributed by atoms with E-state index in [0.29, 0.717) is 5.92 Å². The lowest BCUT2D eigenvalue weighted by atomic mass is 9.87. The predicted octanol–water partition coefficient (Wildman–Crippen LogP) is 4.93. The molecule has 0 aliphatic heterocycles. The van der Waals surface area contributed by atoms with Gasteiger partial charge in [0.05, 0.1) is 0 Å². The van der Waals surface area contributed by atoms with Crippen molar-refractivity contribution in [3.05, 3.63) is 70.3 Å². The van der Waals surface area contributed by atoms with Crippen LogP contribution in [-0.2, 0) is 0 Å². The van der Waals surface area contributed by atoms with Gasteiger partial charge in [-0.15, -0.1) is 0 Å². The molecule has 0 saturated carbocycles. The minimum Gasteiger partial charge on any atom is -0.0689 e. The number of allylic oxidation sites excluding steroid dienone is 6. The van der Waals surface area contributed by atoms with E-state index >= 15 is 0 Å². The second-order valence-corrected chi connectivity index (χ2v) is 5.03. The van der Waals surface area contributed by atoms with E-state index in [9.17, 15) is 0 Å².